The number of aryl methyl sites for hydroxylation is 3. The number of nitrogens with zero attached hydrogens (tertiary/aromatic N) is 2. The van der Waals surface area contributed by atoms with E-state index in [-0.39, 0.29) is 12.1 Å². The average Bonchev–Trinajstić information content (AvgIpc) is 2.60. The monoisotopic (exact) mass is 262 g/mol. The first-order valence-corrected chi connectivity index (χ1v) is 6.37. The number of carbonyl (C=O) groups is 1. The molecule has 0 unspecified atom stereocenters. The number of unbranched alkanes of at least 4 members (excludes halogenated alkanes) is 1. The van der Waals surface area contributed by atoms with Crippen LogP contribution in [-0.2, 0) is 25.3 Å². The Balaban J connectivity index is 2.16. The zero-order valence-electron chi connectivity index (χ0n) is 11.2. The van der Waals surface area contributed by atoms with Crippen LogP contribution in [0.2, 0.25) is 0 Å². The Labute approximate surface area is 111 Å². The van der Waals surface area contributed by atoms with Crippen LogP contribution in [0, 0.1) is 0 Å². The minimum atomic E-state index is -0.749. The molecule has 1 heterocycles. The smallest absolute Gasteiger partial charge is 0.328 e. The summed E-state index contributed by atoms with van der Waals surface area (Å²) in [7, 11) is 3.52. The van der Waals surface area contributed by atoms with E-state index in [4.69, 9.17) is 5.11 Å². The van der Waals surface area contributed by atoms with Gasteiger partial charge >= 0.3 is 11.7 Å². The molecule has 2 aromatic rings. The summed E-state index contributed by atoms with van der Waals surface area (Å²) >= 11 is 0. The summed E-state index contributed by atoms with van der Waals surface area (Å²) in [6.45, 7) is 0. The molecule has 5 heteroatoms. The molecule has 0 spiro atoms. The molecule has 0 saturated carbocycles. The summed E-state index contributed by atoms with van der Waals surface area (Å²) in [5.74, 6) is -0.749. The number of aliphatic carboxylic acids is 1. The fraction of sp³-hybridized carbons (Fsp3) is 0.429. The zero-order chi connectivity index (χ0) is 14.0. The summed E-state index contributed by atoms with van der Waals surface area (Å²) in [6, 6.07) is 5.96. The molecule has 2 rings (SSSR count). The maximum absolute atomic E-state index is 11.8. The van der Waals surface area contributed by atoms with Gasteiger partial charge in [0.2, 0.25) is 0 Å². The van der Waals surface area contributed by atoms with Crippen LogP contribution >= 0.6 is 0 Å². The number of hydrogen-bond acceptors (Lipinski definition) is 2. The Hall–Kier alpha value is -2.04. The molecule has 1 aromatic carbocycles. The van der Waals surface area contributed by atoms with Gasteiger partial charge in [-0.3, -0.25) is 13.9 Å². The number of benzene rings is 1. The summed E-state index contributed by atoms with van der Waals surface area (Å²) in [5.41, 5.74) is 2.95. The number of aromatic nitrogens is 2. The van der Waals surface area contributed by atoms with Gasteiger partial charge in [-0.05, 0) is 37.0 Å². The first kappa shape index (κ1) is 13.4. The van der Waals surface area contributed by atoms with Crippen molar-refractivity contribution in [3.8, 4) is 0 Å². The zero-order valence-corrected chi connectivity index (χ0v) is 11.2. The van der Waals surface area contributed by atoms with Crippen LogP contribution in [0.5, 0.6) is 0 Å². The summed E-state index contributed by atoms with van der Waals surface area (Å²) < 4.78 is 3.26. The molecular formula is C14H18N2O3. The maximum atomic E-state index is 11.8. The van der Waals surface area contributed by atoms with Crippen LogP contribution in [0.25, 0.3) is 11.0 Å². The van der Waals surface area contributed by atoms with Crippen molar-refractivity contribution in [2.75, 3.05) is 0 Å². The normalized spacial score (nSPS) is 11.1. The SMILES string of the molecule is Cn1c(=O)n(C)c2cc(CCCCC(=O)O)ccc21. The molecule has 102 valence electrons. The summed E-state index contributed by atoms with van der Waals surface area (Å²) in [5, 5.41) is 8.58. The Bertz CT molecular complexity index is 667. The molecule has 0 aliphatic heterocycles. The van der Waals surface area contributed by atoms with Crippen molar-refractivity contribution in [3.63, 3.8) is 0 Å². The van der Waals surface area contributed by atoms with Crippen LogP contribution in [0.3, 0.4) is 0 Å². The van der Waals surface area contributed by atoms with E-state index in [9.17, 15) is 9.59 Å². The van der Waals surface area contributed by atoms with Crippen LogP contribution < -0.4 is 5.69 Å². The van der Waals surface area contributed by atoms with E-state index in [0.29, 0.717) is 6.42 Å². The van der Waals surface area contributed by atoms with Gasteiger partial charge in [0.05, 0.1) is 11.0 Å². The highest BCUT2D eigenvalue weighted by Crippen LogP contribution is 2.16. The average molecular weight is 262 g/mol. The lowest BCUT2D eigenvalue weighted by Gasteiger charge is -2.02. The van der Waals surface area contributed by atoms with Crippen molar-refractivity contribution in [3.05, 3.63) is 34.2 Å². The molecule has 1 N–H and O–H groups in total. The Morgan fingerprint density at radius 2 is 1.84 bits per heavy atom. The van der Waals surface area contributed by atoms with E-state index in [0.717, 1.165) is 29.4 Å². The maximum Gasteiger partial charge on any atom is 0.328 e. The molecule has 0 atom stereocenters. The minimum Gasteiger partial charge on any atom is -0.481 e. The molecule has 19 heavy (non-hydrogen) atoms. The highest BCUT2D eigenvalue weighted by Gasteiger charge is 2.08. The van der Waals surface area contributed by atoms with E-state index in [1.54, 1.807) is 23.2 Å². The fourth-order valence-corrected chi connectivity index (χ4v) is 2.31. The highest BCUT2D eigenvalue weighted by atomic mass is 16.4. The number of fused-ring (bicyclic) bond motifs is 1. The molecule has 0 fully saturated rings. The van der Waals surface area contributed by atoms with Gasteiger partial charge in [0, 0.05) is 20.5 Å². The molecule has 1 aromatic heterocycles. The van der Waals surface area contributed by atoms with Gasteiger partial charge in [0.15, 0.2) is 0 Å². The second-order valence-electron chi connectivity index (χ2n) is 4.82. The molecular weight excluding hydrogens is 244 g/mol. The van der Waals surface area contributed by atoms with Gasteiger partial charge in [-0.15, -0.1) is 0 Å². The van der Waals surface area contributed by atoms with Crippen LogP contribution in [0.15, 0.2) is 23.0 Å². The topological polar surface area (TPSA) is 64.2 Å². The van der Waals surface area contributed by atoms with Crippen molar-refractivity contribution < 1.29 is 9.90 Å². The van der Waals surface area contributed by atoms with Crippen molar-refractivity contribution in [2.45, 2.75) is 25.7 Å². The highest BCUT2D eigenvalue weighted by molar-refractivity contribution is 5.76. The predicted octanol–water partition coefficient (Wildman–Crippen LogP) is 1.67. The van der Waals surface area contributed by atoms with Crippen molar-refractivity contribution in [2.24, 2.45) is 14.1 Å². The van der Waals surface area contributed by atoms with Crippen LogP contribution in [0.4, 0.5) is 0 Å². The van der Waals surface area contributed by atoms with E-state index in [1.165, 1.54) is 0 Å². The third-order valence-corrected chi connectivity index (χ3v) is 3.44. The van der Waals surface area contributed by atoms with Gasteiger partial charge in [0.25, 0.3) is 0 Å². The van der Waals surface area contributed by atoms with Gasteiger partial charge in [-0.1, -0.05) is 6.07 Å². The molecule has 0 aliphatic rings. The second-order valence-corrected chi connectivity index (χ2v) is 4.82. The molecule has 0 aliphatic carbocycles. The van der Waals surface area contributed by atoms with E-state index in [2.05, 4.69) is 0 Å². The minimum absolute atomic E-state index is 0.0296. The first-order chi connectivity index (χ1) is 9.00. The van der Waals surface area contributed by atoms with Crippen LogP contribution in [0.1, 0.15) is 24.8 Å². The van der Waals surface area contributed by atoms with Gasteiger partial charge in [-0.2, -0.15) is 0 Å². The number of carboxylic acids is 1. The van der Waals surface area contributed by atoms with Crippen LogP contribution in [-0.4, -0.2) is 20.2 Å². The van der Waals surface area contributed by atoms with Crippen molar-refractivity contribution in [1.29, 1.82) is 0 Å². The Kier molecular flexibility index (Phi) is 3.74. The number of hydrogen-bond donors (Lipinski definition) is 1. The van der Waals surface area contributed by atoms with Gasteiger partial charge in [-0.25, -0.2) is 4.79 Å². The van der Waals surface area contributed by atoms with E-state index < -0.39 is 5.97 Å². The lowest BCUT2D eigenvalue weighted by Crippen LogP contribution is -2.19. The van der Waals surface area contributed by atoms with Gasteiger partial charge < -0.3 is 5.11 Å². The molecule has 5 nitrogen and oxygen atoms in total. The predicted molar refractivity (Wildman–Crippen MR) is 73.4 cm³/mol. The molecule has 0 amide bonds. The standard InChI is InChI=1S/C14H18N2O3/c1-15-11-8-7-10(5-3-4-6-13(17)18)9-12(11)16(2)14(15)19/h7-9H,3-6H2,1-2H3,(H,17,18). The largest absolute Gasteiger partial charge is 0.481 e. The lowest BCUT2D eigenvalue weighted by atomic mass is 10.1. The third kappa shape index (κ3) is 2.70. The van der Waals surface area contributed by atoms with Crippen molar-refractivity contribution in [1.82, 2.24) is 9.13 Å². The summed E-state index contributed by atoms with van der Waals surface area (Å²) in [4.78, 5) is 22.2. The second kappa shape index (κ2) is 5.30. The van der Waals surface area contributed by atoms with E-state index >= 15 is 0 Å². The fourth-order valence-electron chi connectivity index (χ4n) is 2.31. The lowest BCUT2D eigenvalue weighted by molar-refractivity contribution is -0.137. The first-order valence-electron chi connectivity index (χ1n) is 6.37. The quantitative estimate of drug-likeness (QED) is 0.834. The molecule has 0 radical (unpaired) electrons. The van der Waals surface area contributed by atoms with E-state index in [1.807, 2.05) is 18.2 Å². The molecule has 0 bridgehead atoms. The number of imidazole rings is 1. The van der Waals surface area contributed by atoms with Gasteiger partial charge in [0.1, 0.15) is 0 Å². The Morgan fingerprint density at radius 3 is 2.53 bits per heavy atom. The van der Waals surface area contributed by atoms with Crippen molar-refractivity contribution >= 4 is 17.0 Å². The summed E-state index contributed by atoms with van der Waals surface area (Å²) in [6.07, 6.45) is 2.58. The number of carboxylic acid groups (broad SMARTS) is 1. The number of rotatable bonds is 5. The Morgan fingerprint density at radius 1 is 1.16 bits per heavy atom. The molecule has 0 saturated heterocycles. The third-order valence-electron chi connectivity index (χ3n) is 3.44.